The Labute approximate surface area is 396 Å². The van der Waals surface area contributed by atoms with E-state index in [0.29, 0.717) is 17.6 Å². The molecule has 0 saturated heterocycles. The average molecular weight is 876 g/mol. The van der Waals surface area contributed by atoms with Gasteiger partial charge in [0.25, 0.3) is 0 Å². The van der Waals surface area contributed by atoms with Crippen molar-refractivity contribution in [2.45, 2.75) is 51.4 Å². The van der Waals surface area contributed by atoms with E-state index in [4.69, 9.17) is 15.0 Å². The predicted molar refractivity (Wildman–Crippen MR) is 283 cm³/mol. The largest absolute Gasteiger partial charge is 0.307 e. The van der Waals surface area contributed by atoms with Crippen LogP contribution in [0.15, 0.2) is 200 Å². The summed E-state index contributed by atoms with van der Waals surface area (Å²) in [7, 11) is 0. The van der Waals surface area contributed by atoms with Crippen LogP contribution >= 0.6 is 0 Å². The molecular weight excluding hydrogens is 827 g/mol. The van der Waals surface area contributed by atoms with Crippen LogP contribution in [0.2, 0.25) is 0 Å². The quantitative estimate of drug-likeness (QED) is 0.167. The van der Waals surface area contributed by atoms with E-state index in [-0.39, 0.29) is 10.8 Å². The van der Waals surface area contributed by atoms with Gasteiger partial charge in [0, 0.05) is 38.4 Å². The molecule has 0 fully saturated rings. The molecule has 1 aliphatic carbocycles. The van der Waals surface area contributed by atoms with Crippen LogP contribution in [-0.2, 0) is 10.8 Å². The van der Waals surface area contributed by atoms with Crippen molar-refractivity contribution in [2.75, 3.05) is 0 Å². The van der Waals surface area contributed by atoms with E-state index in [0.717, 1.165) is 73.8 Å². The Bertz CT molecular complexity index is 3940. The molecule has 5 nitrogen and oxygen atoms in total. The Balaban J connectivity index is 1.22. The molecule has 0 aliphatic heterocycles. The molecule has 13 rings (SSSR count). The minimum Gasteiger partial charge on any atom is -0.307 e. The molecule has 1 aliphatic rings. The van der Waals surface area contributed by atoms with Gasteiger partial charge >= 0.3 is 0 Å². The Morgan fingerprint density at radius 2 is 0.926 bits per heavy atom. The van der Waals surface area contributed by atoms with Gasteiger partial charge in [-0.15, -0.1) is 0 Å². The lowest BCUT2D eigenvalue weighted by Crippen LogP contribution is -2.34. The second-order valence-corrected chi connectivity index (χ2v) is 19.8. The fraction of sp³-hybridized carbons (Fsp3) is 0.127. The van der Waals surface area contributed by atoms with E-state index >= 15 is 0 Å². The summed E-state index contributed by atoms with van der Waals surface area (Å²) in [5.74, 6) is 1.79. The first-order valence-electron chi connectivity index (χ1n) is 23.8. The molecular formula is C63H49N5. The molecule has 0 saturated carbocycles. The number of hydrogen-bond donors (Lipinski definition) is 0. The van der Waals surface area contributed by atoms with Gasteiger partial charge in [-0.3, -0.25) is 4.57 Å². The highest BCUT2D eigenvalue weighted by atomic mass is 15.2. The van der Waals surface area contributed by atoms with Crippen LogP contribution in [-0.4, -0.2) is 24.1 Å². The van der Waals surface area contributed by atoms with Crippen LogP contribution in [0.1, 0.15) is 51.7 Å². The molecule has 9 aromatic carbocycles. The smallest absolute Gasteiger partial charge is 0.238 e. The first-order valence-corrected chi connectivity index (χ1v) is 23.8. The van der Waals surface area contributed by atoms with Gasteiger partial charge in [0.1, 0.15) is 0 Å². The second-order valence-electron chi connectivity index (χ2n) is 19.8. The third-order valence-electron chi connectivity index (χ3n) is 14.8. The normalized spacial score (nSPS) is 14.3. The van der Waals surface area contributed by atoms with Crippen molar-refractivity contribution in [3.05, 3.63) is 211 Å². The van der Waals surface area contributed by atoms with Crippen LogP contribution in [0.5, 0.6) is 0 Å². The van der Waals surface area contributed by atoms with Crippen molar-refractivity contribution >= 4 is 54.4 Å². The van der Waals surface area contributed by atoms with Gasteiger partial charge < -0.3 is 4.57 Å². The Morgan fingerprint density at radius 3 is 1.62 bits per heavy atom. The lowest BCUT2D eigenvalue weighted by atomic mass is 9.62. The third-order valence-corrected chi connectivity index (χ3v) is 14.8. The Hall–Kier alpha value is -8.15. The summed E-state index contributed by atoms with van der Waals surface area (Å²) in [6.45, 7) is 9.75. The van der Waals surface area contributed by atoms with Gasteiger partial charge in [0.05, 0.1) is 22.1 Å². The Kier molecular flexibility index (Phi) is 8.97. The monoisotopic (exact) mass is 875 g/mol. The van der Waals surface area contributed by atoms with Crippen molar-refractivity contribution in [1.29, 1.82) is 0 Å². The van der Waals surface area contributed by atoms with Gasteiger partial charge in [-0.25, -0.2) is 4.98 Å². The van der Waals surface area contributed by atoms with Crippen molar-refractivity contribution < 1.29 is 0 Å². The number of hydrogen-bond acceptors (Lipinski definition) is 3. The SMILES string of the molecule is CC1(C)CCC(C)(C)c2c1ccc1c3c4ccccc4c4c5ccccc5n(-c5nc(-c6ccccc6)nc(-c6ccc(-c7ccccc7)cc6-c6ccccc6)n5)c4c3n(-c3ccccc3)c21. The first-order chi connectivity index (χ1) is 33.2. The summed E-state index contributed by atoms with van der Waals surface area (Å²) in [6, 6.07) is 71.9. The lowest BCUT2D eigenvalue weighted by Gasteiger charge is -2.42. The zero-order valence-corrected chi connectivity index (χ0v) is 38.7. The topological polar surface area (TPSA) is 48.5 Å². The van der Waals surface area contributed by atoms with Crippen LogP contribution in [0.25, 0.3) is 111 Å². The van der Waals surface area contributed by atoms with Crippen molar-refractivity contribution in [2.24, 2.45) is 0 Å². The Morgan fingerprint density at radius 1 is 0.382 bits per heavy atom. The summed E-state index contributed by atoms with van der Waals surface area (Å²) in [6.07, 6.45) is 2.24. The zero-order chi connectivity index (χ0) is 45.7. The molecule has 68 heavy (non-hydrogen) atoms. The molecule has 5 heteroatoms. The molecule has 326 valence electrons. The van der Waals surface area contributed by atoms with Crippen molar-refractivity contribution in [1.82, 2.24) is 24.1 Å². The van der Waals surface area contributed by atoms with E-state index < -0.39 is 0 Å². The maximum absolute atomic E-state index is 5.65. The molecule has 3 aromatic heterocycles. The summed E-state index contributed by atoms with van der Waals surface area (Å²) in [4.78, 5) is 16.6. The van der Waals surface area contributed by atoms with Gasteiger partial charge in [0.15, 0.2) is 11.6 Å². The van der Waals surface area contributed by atoms with Gasteiger partial charge in [-0.1, -0.05) is 198 Å². The van der Waals surface area contributed by atoms with Gasteiger partial charge in [0.2, 0.25) is 5.95 Å². The number of aromatic nitrogens is 5. The zero-order valence-electron chi connectivity index (χ0n) is 38.7. The standard InChI is InChI=1S/C63H49N5/c1-62(2)37-38-63(3,4)55-51(62)36-35-49-54-46-30-18-17-29-45(46)53-48-31-19-20-32-52(48)68(58(53)57(54)67(56(49)55)44-27-15-8-16-28-44)61-65-59(42-25-13-7-14-26-42)64-60(66-61)47-34-33-43(40-21-9-5-10-22-40)39-50(47)41-23-11-6-12-24-41/h5-36,39H,37-38H2,1-4H3. The predicted octanol–water partition coefficient (Wildman–Crippen LogP) is 16.2. The lowest BCUT2D eigenvalue weighted by molar-refractivity contribution is 0.334. The summed E-state index contributed by atoms with van der Waals surface area (Å²) < 4.78 is 4.93. The number of rotatable bonds is 6. The summed E-state index contributed by atoms with van der Waals surface area (Å²) in [5, 5.41) is 7.26. The molecule has 0 radical (unpaired) electrons. The van der Waals surface area contributed by atoms with Crippen molar-refractivity contribution in [3.63, 3.8) is 0 Å². The van der Waals surface area contributed by atoms with E-state index in [2.05, 4.69) is 231 Å². The van der Waals surface area contributed by atoms with Gasteiger partial charge in [-0.05, 0) is 98.2 Å². The molecule has 3 heterocycles. The molecule has 0 unspecified atom stereocenters. The van der Waals surface area contributed by atoms with E-state index in [1.807, 2.05) is 6.07 Å². The molecule has 0 atom stereocenters. The minimum atomic E-state index is -0.0624. The minimum absolute atomic E-state index is 0.0241. The van der Waals surface area contributed by atoms with Crippen LogP contribution in [0.4, 0.5) is 0 Å². The summed E-state index contributed by atoms with van der Waals surface area (Å²) >= 11 is 0. The maximum atomic E-state index is 5.65. The molecule has 0 amide bonds. The number of nitrogens with zero attached hydrogens (tertiary/aromatic N) is 5. The highest BCUT2D eigenvalue weighted by Crippen LogP contribution is 2.53. The number of benzene rings is 9. The van der Waals surface area contributed by atoms with E-state index in [1.165, 1.54) is 43.6 Å². The first kappa shape index (κ1) is 40.2. The van der Waals surface area contributed by atoms with Crippen LogP contribution in [0, 0.1) is 0 Å². The van der Waals surface area contributed by atoms with Gasteiger partial charge in [-0.2, -0.15) is 9.97 Å². The van der Waals surface area contributed by atoms with Crippen molar-refractivity contribution in [3.8, 4) is 56.7 Å². The third kappa shape index (κ3) is 6.12. The number of fused-ring (bicyclic) bond motifs is 12. The molecule has 0 N–H and O–H groups in total. The van der Waals surface area contributed by atoms with Crippen LogP contribution in [0.3, 0.4) is 0 Å². The number of para-hydroxylation sites is 2. The molecule has 0 bridgehead atoms. The summed E-state index contributed by atoms with van der Waals surface area (Å²) in [5.41, 5.74) is 14.8. The highest BCUT2D eigenvalue weighted by Gasteiger charge is 2.40. The fourth-order valence-corrected chi connectivity index (χ4v) is 11.4. The fourth-order valence-electron chi connectivity index (χ4n) is 11.4. The maximum Gasteiger partial charge on any atom is 0.238 e. The molecule has 0 spiro atoms. The average Bonchev–Trinajstić information content (AvgIpc) is 3.93. The van der Waals surface area contributed by atoms with E-state index in [1.54, 1.807) is 0 Å². The second kappa shape index (κ2) is 15.2. The van der Waals surface area contributed by atoms with Crippen LogP contribution < -0.4 is 0 Å². The molecule has 12 aromatic rings. The highest BCUT2D eigenvalue weighted by molar-refractivity contribution is 6.36. The van der Waals surface area contributed by atoms with E-state index in [9.17, 15) is 0 Å².